The van der Waals surface area contributed by atoms with Gasteiger partial charge in [0.2, 0.25) is 5.91 Å². The topological polar surface area (TPSA) is 58.6 Å². The first-order chi connectivity index (χ1) is 13.0. The predicted molar refractivity (Wildman–Crippen MR) is 106 cm³/mol. The van der Waals surface area contributed by atoms with Gasteiger partial charge in [0.25, 0.3) is 5.91 Å². The molecule has 0 bridgehead atoms. The molecular formula is C22H26N2O3. The summed E-state index contributed by atoms with van der Waals surface area (Å²) < 4.78 is 5.41. The number of rotatable bonds is 5. The van der Waals surface area contributed by atoms with E-state index >= 15 is 0 Å². The maximum atomic E-state index is 12.6. The molecule has 1 atom stereocenters. The van der Waals surface area contributed by atoms with Gasteiger partial charge >= 0.3 is 0 Å². The van der Waals surface area contributed by atoms with Gasteiger partial charge in [0.1, 0.15) is 5.75 Å². The van der Waals surface area contributed by atoms with Gasteiger partial charge in [-0.25, -0.2) is 0 Å². The van der Waals surface area contributed by atoms with E-state index in [1.54, 1.807) is 24.1 Å². The molecule has 3 rings (SSSR count). The van der Waals surface area contributed by atoms with Crippen molar-refractivity contribution in [2.45, 2.75) is 39.2 Å². The molecule has 27 heavy (non-hydrogen) atoms. The summed E-state index contributed by atoms with van der Waals surface area (Å²) in [5, 5.41) is 3.02. The number of benzene rings is 2. The number of hydrogen-bond donors (Lipinski definition) is 1. The Labute approximate surface area is 160 Å². The first-order valence-corrected chi connectivity index (χ1v) is 9.35. The lowest BCUT2D eigenvalue weighted by atomic mass is 10.0. The molecule has 1 N–H and O–H groups in total. The van der Waals surface area contributed by atoms with Crippen LogP contribution in [0.25, 0.3) is 0 Å². The number of hydrogen-bond acceptors (Lipinski definition) is 3. The molecule has 2 aromatic rings. The predicted octanol–water partition coefficient (Wildman–Crippen LogP) is 4.01. The van der Waals surface area contributed by atoms with Gasteiger partial charge in [-0.15, -0.1) is 0 Å². The van der Waals surface area contributed by atoms with E-state index in [-0.39, 0.29) is 17.9 Å². The SMILES string of the molecule is COc1ccc(C)cc1[C@@H](C)NC(=O)c1ccc(N2CCCCC2=O)cc1. The lowest BCUT2D eigenvalue weighted by Gasteiger charge is -2.26. The van der Waals surface area contributed by atoms with Crippen molar-refractivity contribution in [3.8, 4) is 5.75 Å². The molecule has 142 valence electrons. The van der Waals surface area contributed by atoms with Crippen molar-refractivity contribution >= 4 is 17.5 Å². The van der Waals surface area contributed by atoms with E-state index in [4.69, 9.17) is 4.74 Å². The molecule has 0 saturated carbocycles. The van der Waals surface area contributed by atoms with E-state index in [1.165, 1.54) is 0 Å². The zero-order chi connectivity index (χ0) is 19.4. The van der Waals surface area contributed by atoms with E-state index < -0.39 is 0 Å². The van der Waals surface area contributed by atoms with Crippen LogP contribution in [-0.4, -0.2) is 25.5 Å². The molecule has 0 unspecified atom stereocenters. The Kier molecular flexibility index (Phi) is 5.79. The van der Waals surface area contributed by atoms with Crippen molar-refractivity contribution < 1.29 is 14.3 Å². The molecule has 1 fully saturated rings. The van der Waals surface area contributed by atoms with Crippen molar-refractivity contribution in [1.29, 1.82) is 0 Å². The van der Waals surface area contributed by atoms with Crippen LogP contribution in [0.4, 0.5) is 5.69 Å². The summed E-state index contributed by atoms with van der Waals surface area (Å²) in [5.41, 5.74) is 3.48. The molecule has 1 heterocycles. The molecule has 0 aromatic heterocycles. The normalized spacial score (nSPS) is 15.4. The van der Waals surface area contributed by atoms with Crippen molar-refractivity contribution in [2.24, 2.45) is 0 Å². The Morgan fingerprint density at radius 3 is 2.56 bits per heavy atom. The number of piperidine rings is 1. The Bertz CT molecular complexity index is 830. The second kappa shape index (κ2) is 8.25. The maximum Gasteiger partial charge on any atom is 0.251 e. The number of amides is 2. The highest BCUT2D eigenvalue weighted by Crippen LogP contribution is 2.27. The van der Waals surface area contributed by atoms with Gasteiger partial charge in [-0.05, 0) is 57.0 Å². The van der Waals surface area contributed by atoms with Crippen LogP contribution in [0.15, 0.2) is 42.5 Å². The van der Waals surface area contributed by atoms with Crippen LogP contribution in [0.2, 0.25) is 0 Å². The van der Waals surface area contributed by atoms with Gasteiger partial charge in [0.05, 0.1) is 13.2 Å². The number of methoxy groups -OCH3 is 1. The fourth-order valence-electron chi connectivity index (χ4n) is 3.42. The average molecular weight is 366 g/mol. The highest BCUT2D eigenvalue weighted by molar-refractivity contribution is 5.97. The second-order valence-electron chi connectivity index (χ2n) is 6.99. The molecule has 5 nitrogen and oxygen atoms in total. The second-order valence-corrected chi connectivity index (χ2v) is 6.99. The molecule has 1 aliphatic heterocycles. The number of carbonyl (C=O) groups is 2. The smallest absolute Gasteiger partial charge is 0.251 e. The molecule has 1 saturated heterocycles. The van der Waals surface area contributed by atoms with Gasteiger partial charge in [0.15, 0.2) is 0 Å². The van der Waals surface area contributed by atoms with Gasteiger partial charge in [-0.2, -0.15) is 0 Å². The zero-order valence-electron chi connectivity index (χ0n) is 16.1. The Balaban J connectivity index is 1.71. The van der Waals surface area contributed by atoms with Gasteiger partial charge in [0, 0.05) is 29.8 Å². The van der Waals surface area contributed by atoms with E-state index in [9.17, 15) is 9.59 Å². The van der Waals surface area contributed by atoms with Gasteiger partial charge in [-0.3, -0.25) is 9.59 Å². The van der Waals surface area contributed by atoms with Crippen molar-refractivity contribution in [2.75, 3.05) is 18.6 Å². The highest BCUT2D eigenvalue weighted by Gasteiger charge is 2.20. The molecular weight excluding hydrogens is 340 g/mol. The van der Waals surface area contributed by atoms with Crippen LogP contribution in [0.1, 0.15) is 53.7 Å². The zero-order valence-corrected chi connectivity index (χ0v) is 16.1. The standard InChI is InChI=1S/C22H26N2O3/c1-15-7-12-20(27-3)19(14-15)16(2)23-22(26)17-8-10-18(11-9-17)24-13-5-4-6-21(24)25/h7-12,14,16H,4-6,13H2,1-3H3,(H,23,26)/t16-/m1/s1. The third kappa shape index (κ3) is 4.30. The van der Waals surface area contributed by atoms with Crippen LogP contribution in [-0.2, 0) is 4.79 Å². The van der Waals surface area contributed by atoms with E-state index in [0.29, 0.717) is 12.0 Å². The summed E-state index contributed by atoms with van der Waals surface area (Å²) in [6.07, 6.45) is 2.57. The monoisotopic (exact) mass is 366 g/mol. The van der Waals surface area contributed by atoms with Crippen LogP contribution in [0, 0.1) is 6.92 Å². The third-order valence-corrected chi connectivity index (χ3v) is 4.96. The van der Waals surface area contributed by atoms with Gasteiger partial charge in [-0.1, -0.05) is 17.7 Å². The fraction of sp³-hybridized carbons (Fsp3) is 0.364. The number of nitrogens with zero attached hydrogens (tertiary/aromatic N) is 1. The Morgan fingerprint density at radius 1 is 1.15 bits per heavy atom. The number of aryl methyl sites for hydroxylation is 1. The summed E-state index contributed by atoms with van der Waals surface area (Å²) in [6, 6.07) is 13.0. The van der Waals surface area contributed by atoms with Gasteiger partial charge < -0.3 is 15.0 Å². The fourth-order valence-corrected chi connectivity index (χ4v) is 3.42. The molecule has 0 spiro atoms. The molecule has 2 amide bonds. The van der Waals surface area contributed by atoms with E-state index in [1.807, 2.05) is 44.2 Å². The van der Waals surface area contributed by atoms with Crippen LogP contribution in [0.3, 0.4) is 0 Å². The minimum absolute atomic E-state index is 0.150. The highest BCUT2D eigenvalue weighted by atomic mass is 16.5. The van der Waals surface area contributed by atoms with Crippen LogP contribution in [0.5, 0.6) is 5.75 Å². The molecule has 1 aliphatic rings. The van der Waals surface area contributed by atoms with Crippen molar-refractivity contribution in [3.63, 3.8) is 0 Å². The first-order valence-electron chi connectivity index (χ1n) is 9.35. The van der Waals surface area contributed by atoms with Crippen LogP contribution < -0.4 is 15.0 Å². The van der Waals surface area contributed by atoms with Crippen LogP contribution >= 0.6 is 0 Å². The molecule has 0 radical (unpaired) electrons. The van der Waals surface area contributed by atoms with E-state index in [2.05, 4.69) is 5.32 Å². The van der Waals surface area contributed by atoms with E-state index in [0.717, 1.165) is 42.0 Å². The average Bonchev–Trinajstić information content (AvgIpc) is 2.68. The number of ether oxygens (including phenoxy) is 1. The number of anilines is 1. The largest absolute Gasteiger partial charge is 0.496 e. The van der Waals surface area contributed by atoms with Crippen molar-refractivity contribution in [3.05, 3.63) is 59.2 Å². The molecule has 2 aromatic carbocycles. The lowest BCUT2D eigenvalue weighted by molar-refractivity contribution is -0.119. The summed E-state index contributed by atoms with van der Waals surface area (Å²) in [7, 11) is 1.63. The first kappa shape index (κ1) is 19.0. The number of nitrogens with one attached hydrogen (secondary N) is 1. The lowest BCUT2D eigenvalue weighted by Crippen LogP contribution is -2.35. The summed E-state index contributed by atoms with van der Waals surface area (Å²) >= 11 is 0. The van der Waals surface area contributed by atoms with Crippen molar-refractivity contribution in [1.82, 2.24) is 5.32 Å². The molecule has 5 heteroatoms. The number of carbonyl (C=O) groups excluding carboxylic acids is 2. The third-order valence-electron chi connectivity index (χ3n) is 4.96. The minimum atomic E-state index is -0.185. The maximum absolute atomic E-state index is 12.6. The minimum Gasteiger partial charge on any atom is -0.496 e. The Hall–Kier alpha value is -2.82. The molecule has 0 aliphatic carbocycles. The summed E-state index contributed by atoms with van der Waals surface area (Å²) in [5.74, 6) is 0.758. The Morgan fingerprint density at radius 2 is 1.89 bits per heavy atom. The summed E-state index contributed by atoms with van der Waals surface area (Å²) in [4.78, 5) is 26.5. The quantitative estimate of drug-likeness (QED) is 0.870. The summed E-state index contributed by atoms with van der Waals surface area (Å²) in [6.45, 7) is 4.70.